The summed E-state index contributed by atoms with van der Waals surface area (Å²) in [7, 11) is 0. The Morgan fingerprint density at radius 2 is 2.10 bits per heavy atom. The third kappa shape index (κ3) is 2.27. The molecule has 0 bridgehead atoms. The zero-order chi connectivity index (χ0) is 14.3. The van der Waals surface area contributed by atoms with Crippen molar-refractivity contribution >= 4 is 33.7 Å². The van der Waals surface area contributed by atoms with Crippen LogP contribution in [0.15, 0.2) is 45.6 Å². The number of aryl methyl sites for hydroxylation is 1. The second-order valence-electron chi connectivity index (χ2n) is 4.73. The SMILES string of the molecule is Cc1cccc(C(N)c2ccc3[nH]c(=O)oc3c2)c1I. The Kier molecular flexibility index (Phi) is 3.39. The molecule has 0 aliphatic heterocycles. The van der Waals surface area contributed by atoms with Gasteiger partial charge in [0.1, 0.15) is 0 Å². The number of H-pyrrole nitrogens is 1. The van der Waals surface area contributed by atoms with E-state index >= 15 is 0 Å². The average molecular weight is 380 g/mol. The van der Waals surface area contributed by atoms with E-state index in [1.54, 1.807) is 0 Å². The van der Waals surface area contributed by atoms with Crippen LogP contribution in [0.5, 0.6) is 0 Å². The Bertz CT molecular complexity index is 835. The van der Waals surface area contributed by atoms with E-state index < -0.39 is 5.76 Å². The number of nitrogens with two attached hydrogens (primary N) is 1. The molecule has 0 spiro atoms. The van der Waals surface area contributed by atoms with Gasteiger partial charge in [-0.1, -0.05) is 24.3 Å². The highest BCUT2D eigenvalue weighted by Gasteiger charge is 2.14. The molecule has 0 saturated carbocycles. The molecular formula is C15H13IN2O2. The lowest BCUT2D eigenvalue weighted by molar-refractivity contribution is 0.555. The Labute approximate surface area is 129 Å². The molecule has 2 aromatic carbocycles. The summed E-state index contributed by atoms with van der Waals surface area (Å²) in [6.07, 6.45) is 0. The van der Waals surface area contributed by atoms with Gasteiger partial charge >= 0.3 is 5.76 Å². The maximum absolute atomic E-state index is 11.2. The molecule has 0 saturated heterocycles. The summed E-state index contributed by atoms with van der Waals surface area (Å²) < 4.78 is 6.24. The number of hydrogen-bond acceptors (Lipinski definition) is 3. The van der Waals surface area contributed by atoms with Gasteiger partial charge in [0.05, 0.1) is 11.6 Å². The first kappa shape index (κ1) is 13.4. The van der Waals surface area contributed by atoms with Crippen LogP contribution in [0, 0.1) is 10.5 Å². The average Bonchev–Trinajstić information content (AvgIpc) is 2.80. The largest absolute Gasteiger partial charge is 0.417 e. The zero-order valence-corrected chi connectivity index (χ0v) is 13.0. The normalized spacial score (nSPS) is 12.8. The predicted octanol–water partition coefficient (Wildman–Crippen LogP) is 3.08. The minimum Gasteiger partial charge on any atom is -0.408 e. The van der Waals surface area contributed by atoms with Gasteiger partial charge in [-0.3, -0.25) is 4.98 Å². The van der Waals surface area contributed by atoms with Crippen LogP contribution in [0.25, 0.3) is 11.1 Å². The number of oxazole rings is 1. The maximum Gasteiger partial charge on any atom is 0.417 e. The molecule has 1 unspecified atom stereocenters. The highest BCUT2D eigenvalue weighted by molar-refractivity contribution is 14.1. The van der Waals surface area contributed by atoms with Crippen molar-refractivity contribution in [1.29, 1.82) is 0 Å². The number of rotatable bonds is 2. The number of aromatic amines is 1. The molecule has 102 valence electrons. The summed E-state index contributed by atoms with van der Waals surface area (Å²) in [5.41, 5.74) is 10.8. The molecule has 1 aromatic heterocycles. The van der Waals surface area contributed by atoms with Crippen LogP contribution >= 0.6 is 22.6 Å². The number of benzene rings is 2. The minimum atomic E-state index is -0.448. The van der Waals surface area contributed by atoms with Crippen LogP contribution < -0.4 is 11.5 Å². The number of fused-ring (bicyclic) bond motifs is 1. The van der Waals surface area contributed by atoms with Crippen molar-refractivity contribution in [3.05, 3.63) is 67.2 Å². The molecular weight excluding hydrogens is 367 g/mol. The van der Waals surface area contributed by atoms with E-state index in [1.807, 2.05) is 30.3 Å². The number of nitrogens with one attached hydrogen (secondary N) is 1. The van der Waals surface area contributed by atoms with E-state index in [0.29, 0.717) is 11.1 Å². The fourth-order valence-electron chi connectivity index (χ4n) is 2.25. The van der Waals surface area contributed by atoms with Crippen LogP contribution in [0.2, 0.25) is 0 Å². The molecule has 0 aliphatic carbocycles. The Balaban J connectivity index is 2.09. The van der Waals surface area contributed by atoms with Crippen molar-refractivity contribution < 1.29 is 4.42 Å². The summed E-state index contributed by atoms with van der Waals surface area (Å²) in [6, 6.07) is 11.4. The number of aromatic nitrogens is 1. The minimum absolute atomic E-state index is 0.244. The van der Waals surface area contributed by atoms with Crippen molar-refractivity contribution in [2.45, 2.75) is 13.0 Å². The molecule has 3 rings (SSSR count). The van der Waals surface area contributed by atoms with Gasteiger partial charge in [0.25, 0.3) is 0 Å². The standard InChI is InChI=1S/C15H13IN2O2/c1-8-3-2-4-10(13(8)16)14(17)9-5-6-11-12(7-9)20-15(19)18-11/h2-7,14H,17H2,1H3,(H,18,19). The van der Waals surface area contributed by atoms with Crippen molar-refractivity contribution in [1.82, 2.24) is 4.98 Å². The molecule has 3 aromatic rings. The van der Waals surface area contributed by atoms with Gasteiger partial charge in [-0.15, -0.1) is 0 Å². The topological polar surface area (TPSA) is 72.0 Å². The summed E-state index contributed by atoms with van der Waals surface area (Å²) in [4.78, 5) is 13.8. The van der Waals surface area contributed by atoms with Crippen molar-refractivity contribution in [3.63, 3.8) is 0 Å². The van der Waals surface area contributed by atoms with Gasteiger partial charge in [0.15, 0.2) is 5.58 Å². The van der Waals surface area contributed by atoms with E-state index in [1.165, 1.54) is 5.56 Å². The first-order valence-electron chi connectivity index (χ1n) is 6.19. The Hall–Kier alpha value is -1.60. The second kappa shape index (κ2) is 5.06. The predicted molar refractivity (Wildman–Crippen MR) is 86.8 cm³/mol. The summed E-state index contributed by atoms with van der Waals surface area (Å²) in [5, 5.41) is 0. The van der Waals surface area contributed by atoms with Gasteiger partial charge in [0, 0.05) is 3.57 Å². The summed E-state index contributed by atoms with van der Waals surface area (Å²) in [6.45, 7) is 2.06. The summed E-state index contributed by atoms with van der Waals surface area (Å²) >= 11 is 2.31. The van der Waals surface area contributed by atoms with E-state index in [-0.39, 0.29) is 6.04 Å². The van der Waals surface area contributed by atoms with Crippen LogP contribution in [0.3, 0.4) is 0 Å². The molecule has 1 atom stereocenters. The van der Waals surface area contributed by atoms with Gasteiger partial charge in [-0.2, -0.15) is 0 Å². The third-order valence-corrected chi connectivity index (χ3v) is 4.83. The molecule has 0 radical (unpaired) electrons. The van der Waals surface area contributed by atoms with Crippen molar-refractivity contribution in [2.24, 2.45) is 5.73 Å². The van der Waals surface area contributed by atoms with E-state index in [2.05, 4.69) is 40.6 Å². The Morgan fingerprint density at radius 1 is 1.30 bits per heavy atom. The monoisotopic (exact) mass is 380 g/mol. The molecule has 20 heavy (non-hydrogen) atoms. The van der Waals surface area contributed by atoms with Crippen molar-refractivity contribution in [3.8, 4) is 0 Å². The maximum atomic E-state index is 11.2. The Morgan fingerprint density at radius 3 is 2.90 bits per heavy atom. The van der Waals surface area contributed by atoms with Gasteiger partial charge < -0.3 is 10.2 Å². The lowest BCUT2D eigenvalue weighted by Crippen LogP contribution is -2.13. The quantitative estimate of drug-likeness (QED) is 0.672. The number of hydrogen-bond donors (Lipinski definition) is 2. The molecule has 0 amide bonds. The van der Waals surface area contributed by atoms with Crippen LogP contribution in [0.1, 0.15) is 22.7 Å². The molecule has 0 aliphatic rings. The van der Waals surface area contributed by atoms with E-state index in [0.717, 1.165) is 14.7 Å². The summed E-state index contributed by atoms with van der Waals surface area (Å²) in [5.74, 6) is -0.448. The van der Waals surface area contributed by atoms with E-state index in [9.17, 15) is 4.79 Å². The van der Waals surface area contributed by atoms with Gasteiger partial charge in [0.2, 0.25) is 0 Å². The fourth-order valence-corrected chi connectivity index (χ4v) is 2.94. The lowest BCUT2D eigenvalue weighted by Gasteiger charge is -2.15. The van der Waals surface area contributed by atoms with Gasteiger partial charge in [-0.25, -0.2) is 4.79 Å². The van der Waals surface area contributed by atoms with Crippen molar-refractivity contribution in [2.75, 3.05) is 0 Å². The first-order chi connectivity index (χ1) is 9.56. The molecule has 3 N–H and O–H groups in total. The second-order valence-corrected chi connectivity index (χ2v) is 5.80. The van der Waals surface area contributed by atoms with Crippen LogP contribution in [-0.2, 0) is 0 Å². The molecule has 1 heterocycles. The molecule has 4 nitrogen and oxygen atoms in total. The lowest BCUT2D eigenvalue weighted by atomic mass is 9.98. The zero-order valence-electron chi connectivity index (χ0n) is 10.8. The molecule has 0 fully saturated rings. The highest BCUT2D eigenvalue weighted by atomic mass is 127. The fraction of sp³-hybridized carbons (Fsp3) is 0.133. The first-order valence-corrected chi connectivity index (χ1v) is 7.27. The van der Waals surface area contributed by atoms with Crippen LogP contribution in [-0.4, -0.2) is 4.98 Å². The molecule has 5 heteroatoms. The third-order valence-electron chi connectivity index (χ3n) is 3.36. The smallest absolute Gasteiger partial charge is 0.408 e. The van der Waals surface area contributed by atoms with E-state index in [4.69, 9.17) is 10.2 Å². The van der Waals surface area contributed by atoms with Crippen LogP contribution in [0.4, 0.5) is 0 Å². The number of halogens is 1. The highest BCUT2D eigenvalue weighted by Crippen LogP contribution is 2.27. The van der Waals surface area contributed by atoms with Gasteiger partial charge in [-0.05, 0) is 58.3 Å².